The first-order valence-corrected chi connectivity index (χ1v) is 9.31. The number of nitrogens with two attached hydrogens (primary N) is 1. The van der Waals surface area contributed by atoms with Crippen molar-refractivity contribution < 1.29 is 19.2 Å². The van der Waals surface area contributed by atoms with Crippen LogP contribution in [0.2, 0.25) is 0 Å². The Balaban J connectivity index is 1.99. The third kappa shape index (κ3) is 4.12. The highest BCUT2D eigenvalue weighted by molar-refractivity contribution is 5.95. The number of carbonyl (C=O) groups excluding carboxylic acids is 1. The van der Waals surface area contributed by atoms with E-state index in [9.17, 15) is 14.9 Å². The fraction of sp³-hybridized carbons (Fsp3) is 0.227. The summed E-state index contributed by atoms with van der Waals surface area (Å²) in [6.45, 7) is 2.36. The molecule has 156 valence electrons. The third-order valence-electron chi connectivity index (χ3n) is 5.06. The number of ether oxygens (including phenoxy) is 2. The van der Waals surface area contributed by atoms with E-state index in [-0.39, 0.29) is 5.69 Å². The SMILES string of the molecule is COc1ccc(CCn2c(-c3cccc([N+](=O)[O-])c3)cc(C(N)=O)c2C)cc1OC. The van der Waals surface area contributed by atoms with Gasteiger partial charge in [0.15, 0.2) is 11.5 Å². The van der Waals surface area contributed by atoms with Gasteiger partial charge in [0.2, 0.25) is 0 Å². The first kappa shape index (κ1) is 20.9. The highest BCUT2D eigenvalue weighted by Crippen LogP contribution is 2.30. The molecule has 0 unspecified atom stereocenters. The largest absolute Gasteiger partial charge is 0.493 e. The van der Waals surface area contributed by atoms with Crippen molar-refractivity contribution in [3.05, 3.63) is 75.5 Å². The van der Waals surface area contributed by atoms with E-state index in [0.29, 0.717) is 47.0 Å². The summed E-state index contributed by atoms with van der Waals surface area (Å²) in [6.07, 6.45) is 0.649. The van der Waals surface area contributed by atoms with E-state index >= 15 is 0 Å². The molecule has 0 aliphatic rings. The summed E-state index contributed by atoms with van der Waals surface area (Å²) < 4.78 is 12.6. The van der Waals surface area contributed by atoms with E-state index in [2.05, 4.69) is 0 Å². The second kappa shape index (κ2) is 8.69. The van der Waals surface area contributed by atoms with Crippen LogP contribution in [-0.4, -0.2) is 29.6 Å². The van der Waals surface area contributed by atoms with Gasteiger partial charge in [0.05, 0.1) is 24.7 Å². The Morgan fingerprint density at radius 3 is 2.47 bits per heavy atom. The normalized spacial score (nSPS) is 10.6. The summed E-state index contributed by atoms with van der Waals surface area (Å²) in [6, 6.07) is 13.7. The van der Waals surface area contributed by atoms with Crippen molar-refractivity contribution in [2.24, 2.45) is 5.73 Å². The maximum absolute atomic E-state index is 11.9. The van der Waals surface area contributed by atoms with E-state index in [1.807, 2.05) is 29.7 Å². The van der Waals surface area contributed by atoms with Gasteiger partial charge in [-0.3, -0.25) is 14.9 Å². The third-order valence-corrected chi connectivity index (χ3v) is 5.06. The molecule has 1 amide bonds. The van der Waals surface area contributed by atoms with Crippen molar-refractivity contribution in [3.8, 4) is 22.8 Å². The number of primary amides is 1. The average Bonchev–Trinajstić information content (AvgIpc) is 3.08. The molecular formula is C22H23N3O5. The molecule has 0 bridgehead atoms. The van der Waals surface area contributed by atoms with Crippen LogP contribution in [0.15, 0.2) is 48.5 Å². The van der Waals surface area contributed by atoms with Crippen molar-refractivity contribution in [2.45, 2.75) is 19.9 Å². The number of nitrogens with zero attached hydrogens (tertiary/aromatic N) is 2. The van der Waals surface area contributed by atoms with E-state index in [1.54, 1.807) is 32.4 Å². The summed E-state index contributed by atoms with van der Waals surface area (Å²) in [5.41, 5.74) is 8.99. The molecule has 8 nitrogen and oxygen atoms in total. The van der Waals surface area contributed by atoms with Crippen molar-refractivity contribution in [3.63, 3.8) is 0 Å². The number of non-ortho nitro benzene ring substituents is 1. The molecule has 30 heavy (non-hydrogen) atoms. The minimum Gasteiger partial charge on any atom is -0.493 e. The van der Waals surface area contributed by atoms with E-state index in [0.717, 1.165) is 5.56 Å². The Morgan fingerprint density at radius 2 is 1.83 bits per heavy atom. The zero-order chi connectivity index (χ0) is 21.8. The van der Waals surface area contributed by atoms with E-state index < -0.39 is 10.8 Å². The lowest BCUT2D eigenvalue weighted by atomic mass is 10.1. The zero-order valence-corrected chi connectivity index (χ0v) is 17.0. The number of aryl methyl sites for hydroxylation is 1. The fourth-order valence-corrected chi connectivity index (χ4v) is 3.48. The van der Waals surface area contributed by atoms with Gasteiger partial charge in [0.25, 0.3) is 11.6 Å². The average molecular weight is 409 g/mol. The Bertz CT molecular complexity index is 1100. The number of benzene rings is 2. The molecule has 0 aliphatic carbocycles. The molecule has 8 heteroatoms. The first-order valence-electron chi connectivity index (χ1n) is 9.31. The van der Waals surface area contributed by atoms with Crippen LogP contribution < -0.4 is 15.2 Å². The molecule has 0 aliphatic heterocycles. The Hall–Kier alpha value is -3.81. The minimum absolute atomic E-state index is 0.0154. The maximum Gasteiger partial charge on any atom is 0.270 e. The zero-order valence-electron chi connectivity index (χ0n) is 17.0. The second-order valence-electron chi connectivity index (χ2n) is 6.79. The molecule has 2 aromatic carbocycles. The van der Waals surface area contributed by atoms with Crippen molar-refractivity contribution in [1.82, 2.24) is 4.57 Å². The summed E-state index contributed by atoms with van der Waals surface area (Å²) in [7, 11) is 3.16. The van der Waals surface area contributed by atoms with Crippen molar-refractivity contribution in [2.75, 3.05) is 14.2 Å². The molecule has 0 fully saturated rings. The Kier molecular flexibility index (Phi) is 6.06. The fourth-order valence-electron chi connectivity index (χ4n) is 3.48. The molecule has 3 rings (SSSR count). The van der Waals surface area contributed by atoms with Gasteiger partial charge in [-0.15, -0.1) is 0 Å². The molecular weight excluding hydrogens is 386 g/mol. The first-order chi connectivity index (χ1) is 14.3. The lowest BCUT2D eigenvalue weighted by molar-refractivity contribution is -0.384. The molecule has 3 aromatic rings. The van der Waals surface area contributed by atoms with Crippen LogP contribution in [0.4, 0.5) is 5.69 Å². The van der Waals surface area contributed by atoms with Crippen LogP contribution in [0, 0.1) is 17.0 Å². The van der Waals surface area contributed by atoms with Gasteiger partial charge in [-0.25, -0.2) is 0 Å². The predicted octanol–water partition coefficient (Wildman–Crippen LogP) is 3.73. The predicted molar refractivity (Wildman–Crippen MR) is 113 cm³/mol. The number of rotatable bonds is 8. The van der Waals surface area contributed by atoms with E-state index in [4.69, 9.17) is 15.2 Å². The van der Waals surface area contributed by atoms with Crippen LogP contribution in [-0.2, 0) is 13.0 Å². The van der Waals surface area contributed by atoms with Gasteiger partial charge in [-0.2, -0.15) is 0 Å². The maximum atomic E-state index is 11.9. The number of methoxy groups -OCH3 is 2. The lowest BCUT2D eigenvalue weighted by Crippen LogP contribution is -2.13. The van der Waals surface area contributed by atoms with Crippen molar-refractivity contribution >= 4 is 11.6 Å². The smallest absolute Gasteiger partial charge is 0.270 e. The van der Waals surface area contributed by atoms with Crippen LogP contribution in [0.25, 0.3) is 11.3 Å². The van der Waals surface area contributed by atoms with Gasteiger partial charge in [0, 0.05) is 35.6 Å². The summed E-state index contributed by atoms with van der Waals surface area (Å²) >= 11 is 0. The van der Waals surface area contributed by atoms with Gasteiger partial charge in [-0.05, 0) is 37.1 Å². The van der Waals surface area contributed by atoms with Gasteiger partial charge < -0.3 is 19.8 Å². The van der Waals surface area contributed by atoms with Gasteiger partial charge in [0.1, 0.15) is 0 Å². The molecule has 0 saturated heterocycles. The molecule has 0 spiro atoms. The van der Waals surface area contributed by atoms with Gasteiger partial charge >= 0.3 is 0 Å². The summed E-state index contributed by atoms with van der Waals surface area (Å²) in [4.78, 5) is 22.6. The monoisotopic (exact) mass is 409 g/mol. The lowest BCUT2D eigenvalue weighted by Gasteiger charge is -2.14. The number of amides is 1. The van der Waals surface area contributed by atoms with Crippen LogP contribution in [0.1, 0.15) is 21.6 Å². The standard InChI is InChI=1S/C22H23N3O5/c1-14-18(22(23)26)13-19(16-5-4-6-17(12-16)25(27)28)24(14)10-9-15-7-8-20(29-2)21(11-15)30-3/h4-8,11-13H,9-10H2,1-3H3,(H2,23,26). The number of carbonyl (C=O) groups is 1. The van der Waals surface area contributed by atoms with E-state index in [1.165, 1.54) is 12.1 Å². The molecule has 0 saturated carbocycles. The van der Waals surface area contributed by atoms with Crippen LogP contribution >= 0.6 is 0 Å². The molecule has 1 aromatic heterocycles. The van der Waals surface area contributed by atoms with Crippen LogP contribution in [0.3, 0.4) is 0 Å². The number of hydrogen-bond donors (Lipinski definition) is 1. The summed E-state index contributed by atoms with van der Waals surface area (Å²) in [5, 5.41) is 11.2. The number of hydrogen-bond acceptors (Lipinski definition) is 5. The molecule has 2 N–H and O–H groups in total. The summed E-state index contributed by atoms with van der Waals surface area (Å²) in [5.74, 6) is 0.742. The van der Waals surface area contributed by atoms with Crippen LogP contribution in [0.5, 0.6) is 11.5 Å². The molecule has 0 radical (unpaired) electrons. The molecule has 1 heterocycles. The Morgan fingerprint density at radius 1 is 1.10 bits per heavy atom. The number of nitro benzene ring substituents is 1. The molecule has 0 atom stereocenters. The number of nitro groups is 1. The van der Waals surface area contributed by atoms with Crippen molar-refractivity contribution in [1.29, 1.82) is 0 Å². The Labute approximate surface area is 174 Å². The minimum atomic E-state index is -0.538. The van der Waals surface area contributed by atoms with Gasteiger partial charge in [-0.1, -0.05) is 18.2 Å². The quantitative estimate of drug-likeness (QED) is 0.450. The highest BCUT2D eigenvalue weighted by Gasteiger charge is 2.18. The highest BCUT2D eigenvalue weighted by atomic mass is 16.6. The number of aromatic nitrogens is 1. The topological polar surface area (TPSA) is 110 Å². The second-order valence-corrected chi connectivity index (χ2v) is 6.79.